The Labute approximate surface area is 153 Å². The fourth-order valence-electron chi connectivity index (χ4n) is 1.76. The number of aromatic hydroxyl groups is 2. The number of hydrogen-bond donors (Lipinski definition) is 4. The summed E-state index contributed by atoms with van der Waals surface area (Å²) in [6.07, 6.45) is 1.30. The summed E-state index contributed by atoms with van der Waals surface area (Å²) in [6.45, 7) is 0. The molecule has 2 rings (SSSR count). The molecule has 0 fully saturated rings. The van der Waals surface area contributed by atoms with E-state index in [-0.39, 0.29) is 17.5 Å². The molecule has 0 bridgehead atoms. The fourth-order valence-corrected chi connectivity index (χ4v) is 2.25. The van der Waals surface area contributed by atoms with Crippen molar-refractivity contribution >= 4 is 41.6 Å². The van der Waals surface area contributed by atoms with Gasteiger partial charge in [-0.05, 0) is 29.8 Å². The predicted molar refractivity (Wildman–Crippen MR) is 98.9 cm³/mol. The van der Waals surface area contributed by atoms with Crippen molar-refractivity contribution in [3.8, 4) is 11.5 Å². The highest BCUT2D eigenvalue weighted by Crippen LogP contribution is 2.27. The largest absolute Gasteiger partial charge is 0.504 e. The summed E-state index contributed by atoms with van der Waals surface area (Å²) >= 11 is 12.0. The number of hydrogen-bond acceptors (Lipinski definition) is 5. The van der Waals surface area contributed by atoms with Gasteiger partial charge in [0.05, 0.1) is 16.3 Å². The molecule has 0 aliphatic carbocycles. The quantitative estimate of drug-likeness (QED) is 0.281. The van der Waals surface area contributed by atoms with Crippen LogP contribution in [0, 0.1) is 0 Å². The lowest BCUT2D eigenvalue weighted by atomic mass is 10.1. The number of guanidine groups is 1. The summed E-state index contributed by atoms with van der Waals surface area (Å²) < 4.78 is 0. The van der Waals surface area contributed by atoms with Gasteiger partial charge in [0, 0.05) is 11.8 Å². The number of halogens is 2. The summed E-state index contributed by atoms with van der Waals surface area (Å²) in [5, 5.41) is 36.6. The van der Waals surface area contributed by atoms with Gasteiger partial charge in [0.1, 0.15) is 6.10 Å². The maximum atomic E-state index is 9.90. The number of aliphatic hydroxyl groups excluding tert-OH is 1. The molecular weight excluding hydrogens is 367 g/mol. The number of aliphatic hydroxyl groups is 1. The second kappa shape index (κ2) is 8.48. The summed E-state index contributed by atoms with van der Waals surface area (Å²) in [7, 11) is 0. The SMILES string of the molecule is NC(=N/N=C/C(O)c1ccc(O)c(O)c1)/N=C/c1c(Cl)cccc1Cl. The van der Waals surface area contributed by atoms with E-state index >= 15 is 0 Å². The van der Waals surface area contributed by atoms with E-state index in [0.29, 0.717) is 21.2 Å². The first-order valence-corrected chi connectivity index (χ1v) is 7.68. The molecule has 0 aromatic heterocycles. The Kier molecular flexibility index (Phi) is 6.35. The van der Waals surface area contributed by atoms with Crippen molar-refractivity contribution < 1.29 is 15.3 Å². The maximum absolute atomic E-state index is 9.90. The van der Waals surface area contributed by atoms with Crippen molar-refractivity contribution in [1.82, 2.24) is 0 Å². The number of rotatable bonds is 4. The van der Waals surface area contributed by atoms with Crippen molar-refractivity contribution in [2.24, 2.45) is 20.9 Å². The lowest BCUT2D eigenvalue weighted by Crippen LogP contribution is -2.08. The lowest BCUT2D eigenvalue weighted by Gasteiger charge is -2.05. The minimum atomic E-state index is -1.15. The number of phenolic OH excluding ortho intramolecular Hbond substituents is 2. The number of nitrogens with two attached hydrogens (primary N) is 1. The van der Waals surface area contributed by atoms with Gasteiger partial charge in [-0.25, -0.2) is 4.99 Å². The van der Waals surface area contributed by atoms with Crippen LogP contribution in [-0.4, -0.2) is 33.7 Å². The van der Waals surface area contributed by atoms with Gasteiger partial charge in [-0.2, -0.15) is 5.10 Å². The van der Waals surface area contributed by atoms with Crippen LogP contribution in [0.2, 0.25) is 10.0 Å². The van der Waals surface area contributed by atoms with Gasteiger partial charge in [0.25, 0.3) is 0 Å². The van der Waals surface area contributed by atoms with E-state index in [0.717, 1.165) is 6.21 Å². The molecule has 9 heteroatoms. The highest BCUT2D eigenvalue weighted by molar-refractivity contribution is 6.38. The van der Waals surface area contributed by atoms with E-state index < -0.39 is 6.10 Å². The maximum Gasteiger partial charge on any atom is 0.240 e. The zero-order chi connectivity index (χ0) is 18.4. The summed E-state index contributed by atoms with van der Waals surface area (Å²) in [4.78, 5) is 3.88. The Morgan fingerprint density at radius 1 is 1.08 bits per heavy atom. The van der Waals surface area contributed by atoms with Crippen LogP contribution in [0.15, 0.2) is 51.6 Å². The average Bonchev–Trinajstić information content (AvgIpc) is 2.56. The topological polar surface area (TPSA) is 124 Å². The number of benzene rings is 2. The summed E-state index contributed by atoms with van der Waals surface area (Å²) in [6, 6.07) is 8.89. The molecule has 0 spiro atoms. The first-order valence-electron chi connectivity index (χ1n) is 6.93. The molecule has 2 aromatic carbocycles. The van der Waals surface area contributed by atoms with Crippen molar-refractivity contribution in [1.29, 1.82) is 0 Å². The second-order valence-corrected chi connectivity index (χ2v) is 5.62. The van der Waals surface area contributed by atoms with Crippen LogP contribution >= 0.6 is 23.2 Å². The van der Waals surface area contributed by atoms with E-state index in [2.05, 4.69) is 15.2 Å². The van der Waals surface area contributed by atoms with Crippen LogP contribution in [0.1, 0.15) is 17.2 Å². The van der Waals surface area contributed by atoms with Crippen molar-refractivity contribution in [3.63, 3.8) is 0 Å². The van der Waals surface area contributed by atoms with Crippen LogP contribution in [-0.2, 0) is 0 Å². The Morgan fingerprint density at radius 2 is 1.76 bits per heavy atom. The standard InChI is InChI=1S/C16H14Cl2N4O3/c17-11-2-1-3-12(18)10(11)7-20-16(19)22-21-8-15(25)9-4-5-13(23)14(24)6-9/h1-8,15,23-25H,(H2,19,22)/b20-7+,21-8+. The van der Waals surface area contributed by atoms with Crippen LogP contribution in [0.5, 0.6) is 11.5 Å². The number of phenols is 2. The fraction of sp³-hybridized carbons (Fsp3) is 0.0625. The predicted octanol–water partition coefficient (Wildman–Crippen LogP) is 2.86. The van der Waals surface area contributed by atoms with E-state index in [1.54, 1.807) is 18.2 Å². The van der Waals surface area contributed by atoms with Crippen molar-refractivity contribution in [3.05, 3.63) is 57.6 Å². The molecule has 7 nitrogen and oxygen atoms in total. The zero-order valence-corrected chi connectivity index (χ0v) is 14.2. The highest BCUT2D eigenvalue weighted by atomic mass is 35.5. The Balaban J connectivity index is 2.06. The summed E-state index contributed by atoms with van der Waals surface area (Å²) in [5.74, 6) is -0.815. The second-order valence-electron chi connectivity index (χ2n) is 4.81. The molecule has 5 N–H and O–H groups in total. The van der Waals surface area contributed by atoms with Crippen LogP contribution in [0.3, 0.4) is 0 Å². The van der Waals surface area contributed by atoms with Crippen LogP contribution in [0.4, 0.5) is 0 Å². The van der Waals surface area contributed by atoms with Gasteiger partial charge >= 0.3 is 0 Å². The van der Waals surface area contributed by atoms with E-state index in [4.69, 9.17) is 28.9 Å². The molecule has 0 saturated heterocycles. The third kappa shape index (κ3) is 5.18. The molecule has 25 heavy (non-hydrogen) atoms. The molecule has 130 valence electrons. The Morgan fingerprint density at radius 3 is 2.40 bits per heavy atom. The van der Waals surface area contributed by atoms with Gasteiger partial charge in [-0.1, -0.05) is 35.3 Å². The minimum Gasteiger partial charge on any atom is -0.504 e. The molecule has 0 aliphatic heterocycles. The van der Waals surface area contributed by atoms with Gasteiger partial charge in [-0.15, -0.1) is 5.10 Å². The van der Waals surface area contributed by atoms with E-state index in [1.165, 1.54) is 24.4 Å². The average molecular weight is 381 g/mol. The number of nitrogens with zero attached hydrogens (tertiary/aromatic N) is 3. The monoisotopic (exact) mass is 380 g/mol. The van der Waals surface area contributed by atoms with Crippen LogP contribution in [0.25, 0.3) is 0 Å². The molecule has 0 radical (unpaired) electrons. The van der Waals surface area contributed by atoms with Crippen molar-refractivity contribution in [2.75, 3.05) is 0 Å². The van der Waals surface area contributed by atoms with Crippen LogP contribution < -0.4 is 5.73 Å². The molecule has 0 amide bonds. The van der Waals surface area contributed by atoms with Gasteiger partial charge in [0.15, 0.2) is 11.5 Å². The normalized spacial score (nSPS) is 13.6. The summed E-state index contributed by atoms with van der Waals surface area (Å²) in [5.41, 5.74) is 6.40. The zero-order valence-electron chi connectivity index (χ0n) is 12.7. The Hall–Kier alpha value is -2.61. The smallest absolute Gasteiger partial charge is 0.240 e. The molecule has 0 saturated carbocycles. The van der Waals surface area contributed by atoms with Gasteiger partial charge in [0.2, 0.25) is 5.96 Å². The molecule has 0 aliphatic rings. The molecule has 1 unspecified atom stereocenters. The molecule has 2 aromatic rings. The molecule has 0 heterocycles. The molecular formula is C16H14Cl2N4O3. The highest BCUT2D eigenvalue weighted by Gasteiger charge is 2.07. The lowest BCUT2D eigenvalue weighted by molar-refractivity contribution is 0.251. The van der Waals surface area contributed by atoms with E-state index in [1.807, 2.05) is 0 Å². The third-order valence-corrected chi connectivity index (χ3v) is 3.69. The first-order chi connectivity index (χ1) is 11.9. The first kappa shape index (κ1) is 18.7. The Bertz CT molecular complexity index is 833. The van der Waals surface area contributed by atoms with Crippen molar-refractivity contribution in [2.45, 2.75) is 6.10 Å². The third-order valence-electron chi connectivity index (χ3n) is 3.03. The molecule has 1 atom stereocenters. The van der Waals surface area contributed by atoms with Gasteiger partial charge in [-0.3, -0.25) is 0 Å². The number of aliphatic imine (C=N–C) groups is 1. The van der Waals surface area contributed by atoms with E-state index in [9.17, 15) is 15.3 Å². The minimum absolute atomic E-state index is 0.173. The van der Waals surface area contributed by atoms with Gasteiger partial charge < -0.3 is 21.1 Å².